The Balaban J connectivity index is 1.67. The lowest BCUT2D eigenvalue weighted by molar-refractivity contribution is -0.152. The number of rotatable bonds is 7. The summed E-state index contributed by atoms with van der Waals surface area (Å²) in [6.07, 6.45) is 4.62. The molecule has 1 aliphatic heterocycles. The highest BCUT2D eigenvalue weighted by Crippen LogP contribution is 2.41. The Morgan fingerprint density at radius 3 is 2.50 bits per heavy atom. The molecule has 0 saturated carbocycles. The molecule has 1 saturated heterocycles. The number of benzene rings is 2. The summed E-state index contributed by atoms with van der Waals surface area (Å²) in [5.41, 5.74) is 2.88. The molecule has 2 heterocycles. The molecule has 168 valence electrons. The molecule has 1 aliphatic rings. The molecule has 0 radical (unpaired) electrons. The van der Waals surface area contributed by atoms with Crippen LogP contribution < -0.4 is 0 Å². The molecule has 4 heteroatoms. The zero-order valence-electron chi connectivity index (χ0n) is 19.3. The largest absolute Gasteiger partial charge is 0.656 e. The number of ether oxygens (including phenoxy) is 1. The van der Waals surface area contributed by atoms with E-state index in [1.165, 1.54) is 0 Å². The molecule has 1 fully saturated rings. The lowest BCUT2D eigenvalue weighted by Gasteiger charge is -2.49. The maximum Gasteiger partial charge on any atom is 0.313 e. The number of hydrogen-bond donors (Lipinski definition) is 0. The summed E-state index contributed by atoms with van der Waals surface area (Å²) in [6.45, 7) is 7.26. The number of para-hydroxylation sites is 1. The van der Waals surface area contributed by atoms with Gasteiger partial charge < -0.3 is 10.1 Å². The highest BCUT2D eigenvalue weighted by molar-refractivity contribution is 5.83. The number of pyridine rings is 1. The molecule has 0 spiro atoms. The second-order valence-corrected chi connectivity index (χ2v) is 8.91. The average Bonchev–Trinajstić information content (AvgIpc) is 2.86. The molecule has 0 amide bonds. The van der Waals surface area contributed by atoms with Gasteiger partial charge in [0, 0.05) is 17.1 Å². The summed E-state index contributed by atoms with van der Waals surface area (Å²) >= 11 is 0. The predicted octanol–water partition coefficient (Wildman–Crippen LogP) is 6.82. The second-order valence-electron chi connectivity index (χ2n) is 8.91. The van der Waals surface area contributed by atoms with Gasteiger partial charge in [0.2, 0.25) is 0 Å². The third-order valence-electron chi connectivity index (χ3n) is 7.07. The molecule has 32 heavy (non-hydrogen) atoms. The van der Waals surface area contributed by atoms with E-state index in [0.29, 0.717) is 11.8 Å². The first-order valence-electron chi connectivity index (χ1n) is 11.9. The van der Waals surface area contributed by atoms with Crippen LogP contribution in [0.1, 0.15) is 63.2 Å². The molecular formula is C28H33N2O2-. The quantitative estimate of drug-likeness (QED) is 0.387. The first kappa shape index (κ1) is 22.5. The van der Waals surface area contributed by atoms with E-state index in [0.717, 1.165) is 47.8 Å². The number of fused-ring (bicyclic) bond motifs is 1. The van der Waals surface area contributed by atoms with Crippen LogP contribution in [0.4, 0.5) is 0 Å². The second kappa shape index (κ2) is 10.3. The summed E-state index contributed by atoms with van der Waals surface area (Å²) in [6, 6.07) is 19.9. The Labute approximate surface area is 191 Å². The normalized spacial score (nSPS) is 22.9. The SMILES string of the molecule is CC[C@H]1C[N-][C@H]([C@H](OC(=O)C(C)c2ccccc2)c2ccnc3ccccc23)C[C@@H]1CC. The molecule has 4 nitrogen and oxygen atoms in total. The van der Waals surface area contributed by atoms with Gasteiger partial charge in [-0.3, -0.25) is 9.78 Å². The first-order valence-corrected chi connectivity index (χ1v) is 11.9. The fourth-order valence-electron chi connectivity index (χ4n) is 5.00. The van der Waals surface area contributed by atoms with E-state index in [9.17, 15) is 4.79 Å². The number of nitrogens with zero attached hydrogens (tertiary/aromatic N) is 2. The summed E-state index contributed by atoms with van der Waals surface area (Å²) < 4.78 is 6.30. The van der Waals surface area contributed by atoms with Crippen molar-refractivity contribution in [1.29, 1.82) is 0 Å². The Hall–Kier alpha value is -2.72. The number of aromatic nitrogens is 1. The molecule has 3 aromatic rings. The van der Waals surface area contributed by atoms with Crippen molar-refractivity contribution in [2.45, 2.75) is 58.1 Å². The van der Waals surface area contributed by atoms with Crippen LogP contribution in [0, 0.1) is 11.8 Å². The van der Waals surface area contributed by atoms with Crippen molar-refractivity contribution >= 4 is 16.9 Å². The summed E-state index contributed by atoms with van der Waals surface area (Å²) in [4.78, 5) is 17.8. The van der Waals surface area contributed by atoms with Crippen molar-refractivity contribution in [3.8, 4) is 0 Å². The average molecular weight is 430 g/mol. The number of hydrogen-bond acceptors (Lipinski definition) is 3. The molecule has 1 aromatic heterocycles. The van der Waals surface area contributed by atoms with E-state index in [-0.39, 0.29) is 17.9 Å². The van der Waals surface area contributed by atoms with Crippen molar-refractivity contribution in [3.63, 3.8) is 0 Å². The van der Waals surface area contributed by atoms with Gasteiger partial charge in [-0.1, -0.05) is 93.6 Å². The van der Waals surface area contributed by atoms with Crippen LogP contribution in [0.25, 0.3) is 16.2 Å². The van der Waals surface area contributed by atoms with E-state index < -0.39 is 6.10 Å². The van der Waals surface area contributed by atoms with Crippen LogP contribution in [-0.4, -0.2) is 23.5 Å². The van der Waals surface area contributed by atoms with Gasteiger partial charge in [-0.2, -0.15) is 0 Å². The van der Waals surface area contributed by atoms with E-state index in [4.69, 9.17) is 10.1 Å². The molecule has 1 unspecified atom stereocenters. The van der Waals surface area contributed by atoms with Gasteiger partial charge in [0.25, 0.3) is 0 Å². The molecule has 2 aromatic carbocycles. The van der Waals surface area contributed by atoms with Gasteiger partial charge in [0.1, 0.15) is 6.10 Å². The highest BCUT2D eigenvalue weighted by Gasteiger charge is 2.31. The minimum Gasteiger partial charge on any atom is -0.656 e. The van der Waals surface area contributed by atoms with E-state index in [1.54, 1.807) is 0 Å². The fourth-order valence-corrected chi connectivity index (χ4v) is 5.00. The first-order chi connectivity index (χ1) is 15.6. The van der Waals surface area contributed by atoms with Crippen LogP contribution >= 0.6 is 0 Å². The van der Waals surface area contributed by atoms with Crippen LogP contribution in [0.2, 0.25) is 0 Å². The van der Waals surface area contributed by atoms with Gasteiger partial charge in [0.05, 0.1) is 11.4 Å². The Kier molecular flexibility index (Phi) is 7.21. The molecule has 0 N–H and O–H groups in total. The zero-order chi connectivity index (χ0) is 22.5. The van der Waals surface area contributed by atoms with Crippen LogP contribution in [0.15, 0.2) is 66.9 Å². The number of carbonyl (C=O) groups is 1. The minimum absolute atomic E-state index is 0.0412. The molecule has 4 rings (SSSR count). The van der Waals surface area contributed by atoms with E-state index >= 15 is 0 Å². The standard InChI is InChI=1S/C28H33N2O2/c1-4-20-17-26(30-18-21(20)5-2)27(24-15-16-29-25-14-10-9-13-23(24)25)32-28(31)19(3)22-11-7-6-8-12-22/h6-16,19-21,26-27H,4-5,17-18H2,1-3H3/q-1/t19?,20-,21-,26-,27+/m0/s1. The van der Waals surface area contributed by atoms with Crippen molar-refractivity contribution in [1.82, 2.24) is 4.98 Å². The number of piperidine rings is 1. The third-order valence-corrected chi connectivity index (χ3v) is 7.07. The third kappa shape index (κ3) is 4.71. The number of esters is 1. The van der Waals surface area contributed by atoms with Crippen LogP contribution in [0.5, 0.6) is 0 Å². The summed E-state index contributed by atoms with van der Waals surface area (Å²) in [7, 11) is 0. The molecular weight excluding hydrogens is 396 g/mol. The Morgan fingerprint density at radius 2 is 1.75 bits per heavy atom. The molecule has 0 aliphatic carbocycles. The smallest absolute Gasteiger partial charge is 0.313 e. The monoisotopic (exact) mass is 429 g/mol. The van der Waals surface area contributed by atoms with Crippen molar-refractivity contribution < 1.29 is 9.53 Å². The van der Waals surface area contributed by atoms with Gasteiger partial charge in [-0.25, -0.2) is 0 Å². The zero-order valence-corrected chi connectivity index (χ0v) is 19.3. The van der Waals surface area contributed by atoms with Gasteiger partial charge >= 0.3 is 5.97 Å². The molecule has 0 bridgehead atoms. The van der Waals surface area contributed by atoms with Gasteiger partial charge in [-0.05, 0) is 30.5 Å². The maximum atomic E-state index is 13.3. The highest BCUT2D eigenvalue weighted by atomic mass is 16.5. The van der Waals surface area contributed by atoms with Gasteiger partial charge in [0.15, 0.2) is 0 Å². The minimum atomic E-state index is -0.409. The topological polar surface area (TPSA) is 53.3 Å². The summed E-state index contributed by atoms with van der Waals surface area (Å²) in [5, 5.41) is 6.08. The lowest BCUT2D eigenvalue weighted by Crippen LogP contribution is -2.35. The maximum absolute atomic E-state index is 13.3. The van der Waals surface area contributed by atoms with E-state index in [1.807, 2.05) is 67.7 Å². The van der Waals surface area contributed by atoms with Crippen molar-refractivity contribution in [2.24, 2.45) is 11.8 Å². The Morgan fingerprint density at radius 1 is 1.03 bits per heavy atom. The Bertz CT molecular complexity index is 1030. The fraction of sp³-hybridized carbons (Fsp3) is 0.429. The lowest BCUT2D eigenvalue weighted by atomic mass is 9.77. The molecule has 5 atom stereocenters. The van der Waals surface area contributed by atoms with E-state index in [2.05, 4.69) is 24.9 Å². The number of carbonyl (C=O) groups excluding carboxylic acids is 1. The van der Waals surface area contributed by atoms with Crippen molar-refractivity contribution in [3.05, 3.63) is 83.3 Å². The van der Waals surface area contributed by atoms with Gasteiger partial charge in [-0.15, -0.1) is 6.54 Å². The van der Waals surface area contributed by atoms with Crippen molar-refractivity contribution in [2.75, 3.05) is 6.54 Å². The predicted molar refractivity (Wildman–Crippen MR) is 130 cm³/mol. The van der Waals surface area contributed by atoms with Crippen LogP contribution in [0.3, 0.4) is 0 Å². The summed E-state index contributed by atoms with van der Waals surface area (Å²) in [5.74, 6) is 0.678. The van der Waals surface area contributed by atoms with Crippen LogP contribution in [-0.2, 0) is 9.53 Å².